The van der Waals surface area contributed by atoms with Gasteiger partial charge in [-0.05, 0) is 11.6 Å². The molecule has 66 valence electrons. The molecular formula is C9H8ClN3. The van der Waals surface area contributed by atoms with Gasteiger partial charge in [-0.2, -0.15) is 5.26 Å². The summed E-state index contributed by atoms with van der Waals surface area (Å²) >= 11 is 5.46. The number of pyridine rings is 1. The number of nitrogen functional groups attached to an aromatic ring is 1. The summed E-state index contributed by atoms with van der Waals surface area (Å²) in [6.45, 7) is 0. The van der Waals surface area contributed by atoms with Gasteiger partial charge in [0.05, 0.1) is 5.56 Å². The predicted molar refractivity (Wildman–Crippen MR) is 53.1 cm³/mol. The molecule has 0 amide bonds. The van der Waals surface area contributed by atoms with E-state index in [0.29, 0.717) is 11.4 Å². The molecule has 1 aromatic heterocycles. The Morgan fingerprint density at radius 1 is 1.69 bits per heavy atom. The van der Waals surface area contributed by atoms with Gasteiger partial charge in [0.15, 0.2) is 0 Å². The average molecular weight is 194 g/mol. The molecule has 0 aliphatic heterocycles. The molecule has 1 rings (SSSR count). The van der Waals surface area contributed by atoms with E-state index >= 15 is 0 Å². The number of alkyl halides is 1. The summed E-state index contributed by atoms with van der Waals surface area (Å²) in [5, 5.41) is 8.65. The van der Waals surface area contributed by atoms with Crippen LogP contribution in [0.1, 0.15) is 11.1 Å². The highest BCUT2D eigenvalue weighted by Crippen LogP contribution is 2.10. The normalized spacial score (nSPS) is 10.2. The number of hydrogen-bond acceptors (Lipinski definition) is 3. The van der Waals surface area contributed by atoms with E-state index in [1.165, 1.54) is 0 Å². The van der Waals surface area contributed by atoms with Gasteiger partial charge in [0.25, 0.3) is 0 Å². The van der Waals surface area contributed by atoms with Gasteiger partial charge in [0.2, 0.25) is 0 Å². The summed E-state index contributed by atoms with van der Waals surface area (Å²) in [6.07, 6.45) is 5.16. The molecule has 0 fully saturated rings. The van der Waals surface area contributed by atoms with Gasteiger partial charge in [0, 0.05) is 12.1 Å². The van der Waals surface area contributed by atoms with Crippen molar-refractivity contribution in [3.05, 3.63) is 29.5 Å². The Kier molecular flexibility index (Phi) is 3.30. The van der Waals surface area contributed by atoms with Gasteiger partial charge in [-0.15, -0.1) is 11.6 Å². The average Bonchev–Trinajstić information content (AvgIpc) is 2.16. The molecule has 1 aromatic rings. The largest absolute Gasteiger partial charge is 0.383 e. The molecule has 1 heterocycles. The molecule has 0 bridgehead atoms. The van der Waals surface area contributed by atoms with Crippen LogP contribution >= 0.6 is 11.6 Å². The SMILES string of the molecule is N#Cc1cc(C=CCCl)cnc1N. The summed E-state index contributed by atoms with van der Waals surface area (Å²) in [5.41, 5.74) is 6.66. The maximum Gasteiger partial charge on any atom is 0.141 e. The Labute approximate surface area is 81.5 Å². The number of nitrogens with zero attached hydrogens (tertiary/aromatic N) is 2. The Morgan fingerprint density at radius 3 is 3.08 bits per heavy atom. The van der Waals surface area contributed by atoms with E-state index in [-0.39, 0.29) is 5.82 Å². The fourth-order valence-corrected chi connectivity index (χ4v) is 0.942. The van der Waals surface area contributed by atoms with Crippen molar-refractivity contribution in [1.82, 2.24) is 4.98 Å². The third-order valence-electron chi connectivity index (χ3n) is 1.46. The van der Waals surface area contributed by atoms with Crippen molar-refractivity contribution >= 4 is 23.5 Å². The second-order valence-corrected chi connectivity index (χ2v) is 2.68. The van der Waals surface area contributed by atoms with Crippen LogP contribution in [0.4, 0.5) is 5.82 Å². The van der Waals surface area contributed by atoms with Crippen LogP contribution in [0.3, 0.4) is 0 Å². The number of anilines is 1. The maximum atomic E-state index is 8.65. The molecule has 0 aliphatic rings. The van der Waals surface area contributed by atoms with Gasteiger partial charge >= 0.3 is 0 Å². The summed E-state index contributed by atoms with van der Waals surface area (Å²) in [6, 6.07) is 3.63. The van der Waals surface area contributed by atoms with Crippen molar-refractivity contribution in [2.75, 3.05) is 11.6 Å². The lowest BCUT2D eigenvalue weighted by Crippen LogP contribution is -1.94. The minimum atomic E-state index is 0.255. The van der Waals surface area contributed by atoms with Crippen molar-refractivity contribution < 1.29 is 0 Å². The van der Waals surface area contributed by atoms with Crippen molar-refractivity contribution in [3.63, 3.8) is 0 Å². The van der Waals surface area contributed by atoms with Gasteiger partial charge < -0.3 is 5.73 Å². The number of nitrogens with two attached hydrogens (primary N) is 1. The number of nitriles is 1. The lowest BCUT2D eigenvalue weighted by molar-refractivity contribution is 1.30. The second kappa shape index (κ2) is 4.48. The standard InChI is InChI=1S/C9H8ClN3/c10-3-1-2-7-4-8(5-11)9(12)13-6-7/h1-2,4,6H,3H2,(H2,12,13). The molecule has 0 unspecified atom stereocenters. The molecule has 4 heteroatoms. The molecule has 0 saturated heterocycles. The van der Waals surface area contributed by atoms with Crippen LogP contribution in [0.5, 0.6) is 0 Å². The molecule has 3 nitrogen and oxygen atoms in total. The molecule has 2 N–H and O–H groups in total. The van der Waals surface area contributed by atoms with Gasteiger partial charge in [-0.1, -0.05) is 12.2 Å². The third-order valence-corrected chi connectivity index (χ3v) is 1.64. The smallest absolute Gasteiger partial charge is 0.141 e. The number of aromatic nitrogens is 1. The summed E-state index contributed by atoms with van der Waals surface area (Å²) in [7, 11) is 0. The molecule has 0 saturated carbocycles. The van der Waals surface area contributed by atoms with E-state index in [0.717, 1.165) is 5.56 Å². The summed E-state index contributed by atoms with van der Waals surface area (Å²) < 4.78 is 0. The second-order valence-electron chi connectivity index (χ2n) is 2.37. The zero-order valence-corrected chi connectivity index (χ0v) is 7.62. The molecule has 0 aliphatic carbocycles. The van der Waals surface area contributed by atoms with Crippen molar-refractivity contribution in [2.24, 2.45) is 0 Å². The fourth-order valence-electron chi connectivity index (χ4n) is 0.853. The van der Waals surface area contributed by atoms with Crippen LogP contribution in [0.15, 0.2) is 18.3 Å². The Morgan fingerprint density at radius 2 is 2.46 bits per heavy atom. The highest BCUT2D eigenvalue weighted by atomic mass is 35.5. The van der Waals surface area contributed by atoms with Crippen LogP contribution < -0.4 is 5.73 Å². The molecular weight excluding hydrogens is 186 g/mol. The van der Waals surface area contributed by atoms with Crippen molar-refractivity contribution in [3.8, 4) is 6.07 Å². The van der Waals surface area contributed by atoms with Crippen LogP contribution in [0.25, 0.3) is 6.08 Å². The lowest BCUT2D eigenvalue weighted by Gasteiger charge is -1.96. The maximum absolute atomic E-state index is 8.65. The number of rotatable bonds is 2. The minimum Gasteiger partial charge on any atom is -0.383 e. The molecule has 0 spiro atoms. The predicted octanol–water partition coefficient (Wildman–Crippen LogP) is 1.79. The fraction of sp³-hybridized carbons (Fsp3) is 0.111. The van der Waals surface area contributed by atoms with Crippen LogP contribution in [0, 0.1) is 11.3 Å². The van der Waals surface area contributed by atoms with E-state index in [1.807, 2.05) is 6.07 Å². The highest BCUT2D eigenvalue weighted by molar-refractivity contribution is 6.19. The Hall–Kier alpha value is -1.53. The summed E-state index contributed by atoms with van der Waals surface area (Å²) in [5.74, 6) is 0.692. The molecule has 0 aromatic carbocycles. The van der Waals surface area contributed by atoms with E-state index in [9.17, 15) is 0 Å². The Balaban J connectivity index is 3.01. The monoisotopic (exact) mass is 193 g/mol. The van der Waals surface area contributed by atoms with E-state index < -0.39 is 0 Å². The minimum absolute atomic E-state index is 0.255. The van der Waals surface area contributed by atoms with Crippen LogP contribution in [-0.2, 0) is 0 Å². The van der Waals surface area contributed by atoms with Crippen LogP contribution in [0.2, 0.25) is 0 Å². The summed E-state index contributed by atoms with van der Waals surface area (Å²) in [4.78, 5) is 3.86. The lowest BCUT2D eigenvalue weighted by atomic mass is 10.2. The zero-order chi connectivity index (χ0) is 9.68. The van der Waals surface area contributed by atoms with Crippen molar-refractivity contribution in [1.29, 1.82) is 5.26 Å². The zero-order valence-electron chi connectivity index (χ0n) is 6.87. The van der Waals surface area contributed by atoms with E-state index in [2.05, 4.69) is 4.98 Å². The third kappa shape index (κ3) is 2.46. The first-order chi connectivity index (χ1) is 6.27. The Bertz CT molecular complexity index is 366. The first-order valence-corrected chi connectivity index (χ1v) is 4.19. The molecule has 0 atom stereocenters. The molecule has 13 heavy (non-hydrogen) atoms. The molecule has 0 radical (unpaired) electrons. The highest BCUT2D eigenvalue weighted by Gasteiger charge is 1.98. The van der Waals surface area contributed by atoms with E-state index in [4.69, 9.17) is 22.6 Å². The number of hydrogen-bond donors (Lipinski definition) is 1. The topological polar surface area (TPSA) is 62.7 Å². The first-order valence-electron chi connectivity index (χ1n) is 3.66. The van der Waals surface area contributed by atoms with Gasteiger partial charge in [-0.3, -0.25) is 0 Å². The quantitative estimate of drug-likeness (QED) is 0.729. The van der Waals surface area contributed by atoms with Gasteiger partial charge in [0.1, 0.15) is 11.9 Å². The van der Waals surface area contributed by atoms with Crippen LogP contribution in [-0.4, -0.2) is 10.9 Å². The van der Waals surface area contributed by atoms with E-state index in [1.54, 1.807) is 24.4 Å². The first kappa shape index (κ1) is 9.56. The van der Waals surface area contributed by atoms with Gasteiger partial charge in [-0.25, -0.2) is 4.98 Å². The number of allylic oxidation sites excluding steroid dienone is 1. The number of halogens is 1. The van der Waals surface area contributed by atoms with Crippen molar-refractivity contribution in [2.45, 2.75) is 0 Å².